The third-order valence-electron chi connectivity index (χ3n) is 15.7. The van der Waals surface area contributed by atoms with E-state index in [4.69, 9.17) is 11.5 Å². The van der Waals surface area contributed by atoms with Gasteiger partial charge in [0.2, 0.25) is 0 Å². The Morgan fingerprint density at radius 1 is 0.438 bits per heavy atom. The van der Waals surface area contributed by atoms with E-state index < -0.39 is 0 Å². The maximum atomic E-state index is 6.30. The molecule has 2 unspecified atom stereocenters. The van der Waals surface area contributed by atoms with Crippen molar-refractivity contribution >= 4 is 11.4 Å². The van der Waals surface area contributed by atoms with Gasteiger partial charge in [-0.3, -0.25) is 0 Å². The van der Waals surface area contributed by atoms with Crippen LogP contribution >= 0.6 is 0 Å². The Kier molecular flexibility index (Phi) is 22.9. The molecule has 352 valence electrons. The zero-order chi connectivity index (χ0) is 45.4. The summed E-state index contributed by atoms with van der Waals surface area (Å²) in [5, 5.41) is 0. The van der Waals surface area contributed by atoms with Crippen molar-refractivity contribution in [1.82, 2.24) is 0 Å². The van der Waals surface area contributed by atoms with E-state index >= 15 is 0 Å². The van der Waals surface area contributed by atoms with E-state index in [-0.39, 0.29) is 5.41 Å². The molecule has 0 spiro atoms. The fourth-order valence-electron chi connectivity index (χ4n) is 11.6. The molecule has 0 aliphatic heterocycles. The number of anilines is 2. The van der Waals surface area contributed by atoms with Gasteiger partial charge in [0.15, 0.2) is 0 Å². The molecule has 2 heteroatoms. The molecule has 1 fully saturated rings. The van der Waals surface area contributed by atoms with Crippen LogP contribution in [0.25, 0.3) is 0 Å². The van der Waals surface area contributed by atoms with Crippen LogP contribution in [0.2, 0.25) is 0 Å². The standard InChI is InChI=1S/C62H94N2/c1-6-9-12-15-18-20-23-26-29-60(58-41-39-56(63)47-49(58)4)52-31-35-54(36-32-52)62(45-43-51(44-46-62)28-25-22-17-14-11-8-3)55-37-33-53(34-38-55)61(59-42-40-57(64)48-50(59)5)30-27-24-21-19-16-13-10-7-2/h31-42,47-48,51,60-61H,6-30,43-46,63-64H2,1-5H3. The summed E-state index contributed by atoms with van der Waals surface area (Å²) in [4.78, 5) is 0. The number of nitrogens with two attached hydrogens (primary N) is 2. The molecule has 0 radical (unpaired) electrons. The van der Waals surface area contributed by atoms with Crippen LogP contribution in [0.15, 0.2) is 84.9 Å². The second-order valence-electron chi connectivity index (χ2n) is 20.7. The molecule has 4 aromatic rings. The van der Waals surface area contributed by atoms with Gasteiger partial charge < -0.3 is 11.5 Å². The molecule has 0 aromatic heterocycles. The maximum Gasteiger partial charge on any atom is 0.0316 e. The van der Waals surface area contributed by atoms with E-state index in [1.165, 1.54) is 231 Å². The monoisotopic (exact) mass is 867 g/mol. The number of aryl methyl sites for hydroxylation is 2. The Labute approximate surface area is 394 Å². The molecular weight excluding hydrogens is 773 g/mol. The van der Waals surface area contributed by atoms with E-state index in [0.717, 1.165) is 17.3 Å². The normalized spacial score (nSPS) is 17.4. The first-order valence-electron chi connectivity index (χ1n) is 27.2. The smallest absolute Gasteiger partial charge is 0.0316 e. The molecule has 2 atom stereocenters. The van der Waals surface area contributed by atoms with E-state index in [0.29, 0.717) is 11.8 Å². The van der Waals surface area contributed by atoms with Crippen molar-refractivity contribution in [3.05, 3.63) is 129 Å². The van der Waals surface area contributed by atoms with Crippen molar-refractivity contribution in [3.63, 3.8) is 0 Å². The summed E-state index contributed by atoms with van der Waals surface area (Å²) in [6.45, 7) is 11.5. The predicted molar refractivity (Wildman–Crippen MR) is 283 cm³/mol. The highest BCUT2D eigenvalue weighted by molar-refractivity contribution is 5.51. The van der Waals surface area contributed by atoms with E-state index in [1.54, 1.807) is 0 Å². The Balaban J connectivity index is 1.39. The van der Waals surface area contributed by atoms with Crippen LogP contribution in [0.4, 0.5) is 11.4 Å². The van der Waals surface area contributed by atoms with Gasteiger partial charge in [0.1, 0.15) is 0 Å². The second kappa shape index (κ2) is 28.5. The van der Waals surface area contributed by atoms with E-state index in [2.05, 4.69) is 120 Å². The van der Waals surface area contributed by atoms with Gasteiger partial charge in [-0.15, -0.1) is 0 Å². The molecule has 1 aliphatic rings. The van der Waals surface area contributed by atoms with Crippen molar-refractivity contribution in [2.75, 3.05) is 11.5 Å². The Morgan fingerprint density at radius 3 is 1.14 bits per heavy atom. The third-order valence-corrected chi connectivity index (χ3v) is 15.7. The van der Waals surface area contributed by atoms with Crippen LogP contribution in [0, 0.1) is 19.8 Å². The average Bonchev–Trinajstić information content (AvgIpc) is 3.30. The van der Waals surface area contributed by atoms with Gasteiger partial charge in [-0.2, -0.15) is 0 Å². The molecule has 0 amide bonds. The largest absolute Gasteiger partial charge is 0.399 e. The highest BCUT2D eigenvalue weighted by Crippen LogP contribution is 2.49. The number of unbranched alkanes of at least 4 members (excludes halogenated alkanes) is 19. The maximum absolute atomic E-state index is 6.30. The Morgan fingerprint density at radius 2 is 0.781 bits per heavy atom. The first kappa shape index (κ1) is 51.5. The summed E-state index contributed by atoms with van der Waals surface area (Å²) < 4.78 is 0. The van der Waals surface area contributed by atoms with Crippen LogP contribution in [-0.4, -0.2) is 0 Å². The van der Waals surface area contributed by atoms with Gasteiger partial charge in [0, 0.05) is 28.6 Å². The summed E-state index contributed by atoms with van der Waals surface area (Å²) in [6, 6.07) is 33.5. The Bertz CT molecular complexity index is 1720. The van der Waals surface area contributed by atoms with Crippen molar-refractivity contribution in [1.29, 1.82) is 0 Å². The molecule has 5 rings (SSSR count). The molecule has 64 heavy (non-hydrogen) atoms. The van der Waals surface area contributed by atoms with E-state index in [1.807, 2.05) is 0 Å². The fraction of sp³-hybridized carbons (Fsp3) is 0.613. The molecule has 0 heterocycles. The lowest BCUT2D eigenvalue weighted by Crippen LogP contribution is -2.33. The van der Waals surface area contributed by atoms with Crippen LogP contribution in [-0.2, 0) is 5.41 Å². The zero-order valence-electron chi connectivity index (χ0n) is 42.0. The summed E-state index contributed by atoms with van der Waals surface area (Å²) >= 11 is 0. The summed E-state index contributed by atoms with van der Waals surface area (Å²) in [7, 11) is 0. The minimum absolute atomic E-state index is 0.0451. The molecule has 4 N–H and O–H groups in total. The van der Waals surface area contributed by atoms with Crippen molar-refractivity contribution in [2.24, 2.45) is 5.92 Å². The van der Waals surface area contributed by atoms with Gasteiger partial charge in [-0.25, -0.2) is 0 Å². The van der Waals surface area contributed by atoms with E-state index in [9.17, 15) is 0 Å². The zero-order valence-corrected chi connectivity index (χ0v) is 42.0. The van der Waals surface area contributed by atoms with Gasteiger partial charge in [0.25, 0.3) is 0 Å². The van der Waals surface area contributed by atoms with Gasteiger partial charge in [-0.1, -0.05) is 229 Å². The first-order valence-corrected chi connectivity index (χ1v) is 27.2. The van der Waals surface area contributed by atoms with Crippen molar-refractivity contribution < 1.29 is 0 Å². The number of benzene rings is 4. The first-order chi connectivity index (χ1) is 31.3. The molecule has 1 aliphatic carbocycles. The van der Waals surface area contributed by atoms with Crippen molar-refractivity contribution in [2.45, 2.75) is 238 Å². The van der Waals surface area contributed by atoms with Gasteiger partial charge in [-0.05, 0) is 127 Å². The SMILES string of the molecule is CCCCCCCCCCC(c1ccc(C2(c3ccc(C(CCCCCCCCCC)c4ccc(N)cc4C)cc3)CCC(CCCCCCCC)CC2)cc1)c1ccc(N)cc1C. The van der Waals surface area contributed by atoms with Gasteiger partial charge >= 0.3 is 0 Å². The minimum Gasteiger partial charge on any atom is -0.399 e. The lowest BCUT2D eigenvalue weighted by molar-refractivity contribution is 0.250. The van der Waals surface area contributed by atoms with Gasteiger partial charge in [0.05, 0.1) is 0 Å². The summed E-state index contributed by atoms with van der Waals surface area (Å²) in [5.74, 6) is 1.65. The highest BCUT2D eigenvalue weighted by Gasteiger charge is 2.38. The fourth-order valence-corrected chi connectivity index (χ4v) is 11.6. The molecular formula is C62H94N2. The van der Waals surface area contributed by atoms with Crippen LogP contribution in [0.1, 0.15) is 263 Å². The molecule has 4 aromatic carbocycles. The lowest BCUT2D eigenvalue weighted by atomic mass is 9.62. The number of hydrogen-bond acceptors (Lipinski definition) is 2. The predicted octanol–water partition coefficient (Wildman–Crippen LogP) is 19.0. The molecule has 0 saturated heterocycles. The minimum atomic E-state index is 0.0451. The van der Waals surface area contributed by atoms with Crippen LogP contribution in [0.5, 0.6) is 0 Å². The average molecular weight is 867 g/mol. The topological polar surface area (TPSA) is 52.0 Å². The molecule has 2 nitrogen and oxygen atoms in total. The second-order valence-corrected chi connectivity index (χ2v) is 20.7. The molecule has 1 saturated carbocycles. The number of rotatable bonds is 31. The lowest BCUT2D eigenvalue weighted by Gasteiger charge is -2.42. The summed E-state index contributed by atoms with van der Waals surface area (Å²) in [6.07, 6.45) is 38.9. The third kappa shape index (κ3) is 15.8. The summed E-state index contributed by atoms with van der Waals surface area (Å²) in [5.41, 5.74) is 25.9. The molecule has 0 bridgehead atoms. The Hall–Kier alpha value is -3.52. The number of nitrogen functional groups attached to an aromatic ring is 2. The highest BCUT2D eigenvalue weighted by atomic mass is 14.5. The van der Waals surface area contributed by atoms with Crippen LogP contribution in [0.3, 0.4) is 0 Å². The number of hydrogen-bond donors (Lipinski definition) is 2. The van der Waals surface area contributed by atoms with Crippen LogP contribution < -0.4 is 11.5 Å². The van der Waals surface area contributed by atoms with Crippen molar-refractivity contribution in [3.8, 4) is 0 Å². The quantitative estimate of drug-likeness (QED) is 0.0391.